The summed E-state index contributed by atoms with van der Waals surface area (Å²) in [7, 11) is 0. The fraction of sp³-hybridized carbons (Fsp3) is 0.273. The summed E-state index contributed by atoms with van der Waals surface area (Å²) in [4.78, 5) is 13.5. The molecule has 0 unspecified atom stereocenters. The van der Waals surface area contributed by atoms with Gasteiger partial charge in [-0.15, -0.1) is 0 Å². The molecule has 2 nitrogen and oxygen atoms in total. The van der Waals surface area contributed by atoms with E-state index in [1.165, 1.54) is 0 Å². The van der Waals surface area contributed by atoms with Crippen LogP contribution < -0.4 is 0 Å². The quantitative estimate of drug-likeness (QED) is 0.638. The average molecular weight is 174 g/mol. The molecule has 1 heterocycles. The normalized spacial score (nSPS) is 16.2. The summed E-state index contributed by atoms with van der Waals surface area (Å²) in [6.45, 7) is 2.85. The summed E-state index contributed by atoms with van der Waals surface area (Å²) in [5.74, 6) is 0.123. The highest BCUT2D eigenvalue weighted by molar-refractivity contribution is 5.94. The molecule has 1 aromatic carbocycles. The van der Waals surface area contributed by atoms with Crippen molar-refractivity contribution in [1.82, 2.24) is 4.90 Å². The lowest BCUT2D eigenvalue weighted by Crippen LogP contribution is -2.24. The summed E-state index contributed by atoms with van der Waals surface area (Å²) in [6.07, 6.45) is 2.12. The number of hydrogen-bond acceptors (Lipinski definition) is 1. The maximum Gasteiger partial charge on any atom is 0.254 e. The van der Waals surface area contributed by atoms with Gasteiger partial charge in [0.1, 0.15) is 0 Å². The van der Waals surface area contributed by atoms with Gasteiger partial charge >= 0.3 is 0 Å². The number of rotatable bonds is 1. The smallest absolute Gasteiger partial charge is 0.254 e. The molecule has 0 aromatic heterocycles. The van der Waals surface area contributed by atoms with Crippen LogP contribution in [0.1, 0.15) is 23.2 Å². The van der Waals surface area contributed by atoms with Crippen LogP contribution in [0.15, 0.2) is 30.3 Å². The molecule has 1 aliphatic rings. The number of likely N-dealkylation sites (tertiary alicyclic amines) is 1. The largest absolute Gasteiger partial charge is 0.334 e. The zero-order chi connectivity index (χ0) is 9.10. The second-order valence-corrected chi connectivity index (χ2v) is 3.19. The van der Waals surface area contributed by atoms with Gasteiger partial charge in [-0.25, -0.2) is 0 Å². The van der Waals surface area contributed by atoms with Crippen LogP contribution in [-0.4, -0.2) is 17.4 Å². The Morgan fingerprint density at radius 3 is 2.62 bits per heavy atom. The molecule has 0 spiro atoms. The lowest BCUT2D eigenvalue weighted by atomic mass is 10.2. The van der Waals surface area contributed by atoms with Crippen LogP contribution in [0.25, 0.3) is 0 Å². The molecule has 0 saturated carbocycles. The number of carbonyl (C=O) groups excluding carboxylic acids is 1. The van der Waals surface area contributed by atoms with Crippen molar-refractivity contribution < 1.29 is 4.79 Å². The lowest BCUT2D eigenvalue weighted by molar-refractivity contribution is 0.0820. The Morgan fingerprint density at radius 1 is 1.23 bits per heavy atom. The van der Waals surface area contributed by atoms with Crippen molar-refractivity contribution in [2.24, 2.45) is 0 Å². The highest BCUT2D eigenvalue weighted by Gasteiger charge is 2.18. The van der Waals surface area contributed by atoms with E-state index in [0.717, 1.165) is 24.9 Å². The molecule has 2 rings (SSSR count). The minimum atomic E-state index is 0.123. The Kier molecular flexibility index (Phi) is 2.30. The Morgan fingerprint density at radius 2 is 2.00 bits per heavy atom. The first-order chi connectivity index (χ1) is 6.38. The maximum absolute atomic E-state index is 11.7. The molecule has 0 N–H and O–H groups in total. The fourth-order valence-electron chi connectivity index (χ4n) is 1.53. The SMILES string of the molecule is O=C(c1ccccc1)N1[CH]CCC1. The fourth-order valence-corrected chi connectivity index (χ4v) is 1.53. The molecule has 1 aromatic rings. The van der Waals surface area contributed by atoms with Gasteiger partial charge in [-0.1, -0.05) is 18.2 Å². The molecule has 1 amide bonds. The van der Waals surface area contributed by atoms with Crippen molar-refractivity contribution in [3.8, 4) is 0 Å². The molecule has 0 aliphatic carbocycles. The van der Waals surface area contributed by atoms with Gasteiger partial charge in [-0.2, -0.15) is 0 Å². The van der Waals surface area contributed by atoms with Crippen LogP contribution in [-0.2, 0) is 0 Å². The number of nitrogens with zero attached hydrogens (tertiary/aromatic N) is 1. The van der Waals surface area contributed by atoms with Crippen molar-refractivity contribution in [3.63, 3.8) is 0 Å². The van der Waals surface area contributed by atoms with Gasteiger partial charge in [0.15, 0.2) is 0 Å². The van der Waals surface area contributed by atoms with Crippen LogP contribution in [0.2, 0.25) is 0 Å². The minimum Gasteiger partial charge on any atom is -0.334 e. The molecule has 1 aliphatic heterocycles. The van der Waals surface area contributed by atoms with E-state index < -0.39 is 0 Å². The molecule has 0 atom stereocenters. The average Bonchev–Trinajstić information content (AvgIpc) is 2.71. The highest BCUT2D eigenvalue weighted by Crippen LogP contribution is 2.15. The van der Waals surface area contributed by atoms with Gasteiger partial charge in [0.25, 0.3) is 5.91 Å². The first-order valence-electron chi connectivity index (χ1n) is 4.57. The number of amides is 1. The number of carbonyl (C=O) groups is 1. The van der Waals surface area contributed by atoms with Gasteiger partial charge in [0.2, 0.25) is 0 Å². The summed E-state index contributed by atoms with van der Waals surface area (Å²) < 4.78 is 0. The van der Waals surface area contributed by atoms with Crippen LogP contribution in [0.4, 0.5) is 0 Å². The molecular weight excluding hydrogens is 162 g/mol. The lowest BCUT2D eigenvalue weighted by Gasteiger charge is -2.14. The van der Waals surface area contributed by atoms with E-state index in [1.807, 2.05) is 36.9 Å². The van der Waals surface area contributed by atoms with Gasteiger partial charge in [-0.3, -0.25) is 4.79 Å². The topological polar surface area (TPSA) is 20.3 Å². The maximum atomic E-state index is 11.7. The molecular formula is C11H12NO. The highest BCUT2D eigenvalue weighted by atomic mass is 16.2. The van der Waals surface area contributed by atoms with Crippen LogP contribution in [0.5, 0.6) is 0 Å². The zero-order valence-electron chi connectivity index (χ0n) is 7.44. The van der Waals surface area contributed by atoms with Crippen molar-refractivity contribution in [3.05, 3.63) is 42.4 Å². The Bertz CT molecular complexity index is 288. The minimum absolute atomic E-state index is 0.123. The van der Waals surface area contributed by atoms with E-state index in [-0.39, 0.29) is 5.91 Å². The van der Waals surface area contributed by atoms with E-state index >= 15 is 0 Å². The van der Waals surface area contributed by atoms with Crippen LogP contribution in [0, 0.1) is 6.54 Å². The second-order valence-electron chi connectivity index (χ2n) is 3.19. The van der Waals surface area contributed by atoms with Gasteiger partial charge in [0, 0.05) is 12.1 Å². The Balaban J connectivity index is 2.13. The molecule has 2 heteroatoms. The molecule has 1 fully saturated rings. The third kappa shape index (κ3) is 1.72. The third-order valence-corrected chi connectivity index (χ3v) is 2.23. The van der Waals surface area contributed by atoms with E-state index in [2.05, 4.69) is 0 Å². The van der Waals surface area contributed by atoms with Gasteiger partial charge < -0.3 is 4.90 Å². The van der Waals surface area contributed by atoms with E-state index in [0.29, 0.717) is 0 Å². The van der Waals surface area contributed by atoms with Crippen molar-refractivity contribution in [2.75, 3.05) is 6.54 Å². The molecule has 67 valence electrons. The Hall–Kier alpha value is -1.31. The van der Waals surface area contributed by atoms with Crippen molar-refractivity contribution in [1.29, 1.82) is 0 Å². The third-order valence-electron chi connectivity index (χ3n) is 2.23. The van der Waals surface area contributed by atoms with Gasteiger partial charge in [0.05, 0.1) is 6.54 Å². The van der Waals surface area contributed by atoms with Crippen molar-refractivity contribution in [2.45, 2.75) is 12.8 Å². The first kappa shape index (κ1) is 8.30. The van der Waals surface area contributed by atoms with E-state index in [1.54, 1.807) is 4.90 Å². The molecule has 1 radical (unpaired) electrons. The predicted molar refractivity (Wildman–Crippen MR) is 51.0 cm³/mol. The summed E-state index contributed by atoms with van der Waals surface area (Å²) in [5.41, 5.74) is 0.778. The first-order valence-corrected chi connectivity index (χ1v) is 4.57. The predicted octanol–water partition coefficient (Wildman–Crippen LogP) is 2.08. The second kappa shape index (κ2) is 3.60. The van der Waals surface area contributed by atoms with E-state index in [4.69, 9.17) is 0 Å². The molecule has 1 saturated heterocycles. The molecule has 13 heavy (non-hydrogen) atoms. The molecule has 0 bridgehead atoms. The van der Waals surface area contributed by atoms with Gasteiger partial charge in [-0.05, 0) is 25.0 Å². The van der Waals surface area contributed by atoms with Crippen LogP contribution >= 0.6 is 0 Å². The monoisotopic (exact) mass is 174 g/mol. The Labute approximate surface area is 78.2 Å². The van der Waals surface area contributed by atoms with Crippen molar-refractivity contribution >= 4 is 5.91 Å². The summed E-state index contributed by atoms with van der Waals surface area (Å²) in [6, 6.07) is 9.42. The number of hydrogen-bond donors (Lipinski definition) is 0. The summed E-state index contributed by atoms with van der Waals surface area (Å²) in [5, 5.41) is 0. The number of benzene rings is 1. The van der Waals surface area contributed by atoms with E-state index in [9.17, 15) is 4.79 Å². The zero-order valence-corrected chi connectivity index (χ0v) is 7.44. The standard InChI is InChI=1S/C11H12NO/c13-11(12-8-4-5-9-12)10-6-2-1-3-7-10/h1-3,6-8H,4-5,9H2. The van der Waals surface area contributed by atoms with Crippen LogP contribution in [0.3, 0.4) is 0 Å². The summed E-state index contributed by atoms with van der Waals surface area (Å²) >= 11 is 0.